The van der Waals surface area contributed by atoms with Crippen LogP contribution in [0.1, 0.15) is 43.1 Å². The van der Waals surface area contributed by atoms with Crippen molar-refractivity contribution < 1.29 is 23.1 Å². The van der Waals surface area contributed by atoms with E-state index in [1.54, 1.807) is 45.9 Å². The first kappa shape index (κ1) is 17.5. The Morgan fingerprint density at radius 2 is 1.83 bits per heavy atom. The van der Waals surface area contributed by atoms with Crippen molar-refractivity contribution in [3.63, 3.8) is 0 Å². The van der Waals surface area contributed by atoms with E-state index in [-0.39, 0.29) is 5.56 Å². The van der Waals surface area contributed by atoms with Crippen molar-refractivity contribution >= 4 is 11.6 Å². The minimum atomic E-state index is -4.69. The van der Waals surface area contributed by atoms with Gasteiger partial charge in [-0.3, -0.25) is 4.79 Å². The minimum Gasteiger partial charge on any atom is -0.368 e. The molecule has 1 N–H and O–H groups in total. The summed E-state index contributed by atoms with van der Waals surface area (Å²) in [6.07, 6.45) is -5.45. The Morgan fingerprint density at radius 1 is 1.26 bits per heavy atom. The molecule has 0 saturated heterocycles. The highest BCUT2D eigenvalue weighted by molar-refractivity contribution is 6.00. The second-order valence-corrected chi connectivity index (χ2v) is 6.72. The molecular formula is C16H19F3N2O2. The first-order valence-electron chi connectivity index (χ1n) is 7.15. The van der Waals surface area contributed by atoms with Gasteiger partial charge in [0.2, 0.25) is 0 Å². The Bertz CT molecular complexity index is 662. The number of amides is 1. The lowest BCUT2D eigenvalue weighted by Gasteiger charge is -2.41. The highest BCUT2D eigenvalue weighted by Crippen LogP contribution is 2.44. The van der Waals surface area contributed by atoms with Crippen LogP contribution in [-0.2, 0) is 0 Å². The van der Waals surface area contributed by atoms with Crippen molar-refractivity contribution in [3.8, 4) is 0 Å². The summed E-state index contributed by atoms with van der Waals surface area (Å²) in [6, 6.07) is 6.51. The molecule has 1 aromatic rings. The lowest BCUT2D eigenvalue weighted by molar-refractivity contribution is -0.144. The summed E-state index contributed by atoms with van der Waals surface area (Å²) in [7, 11) is 0. The maximum absolute atomic E-state index is 13.0. The van der Waals surface area contributed by atoms with E-state index in [9.17, 15) is 23.1 Å². The second kappa shape index (κ2) is 5.33. The molecule has 0 spiro atoms. The number of aliphatic hydroxyl groups is 1. The molecule has 0 bridgehead atoms. The average Bonchev–Trinajstić information content (AvgIpc) is 2.77. The molecule has 0 aromatic heterocycles. The predicted octanol–water partition coefficient (Wildman–Crippen LogP) is 3.49. The lowest BCUT2D eigenvalue weighted by atomic mass is 9.79. The van der Waals surface area contributed by atoms with Gasteiger partial charge in [-0.25, -0.2) is 0 Å². The first-order valence-corrected chi connectivity index (χ1v) is 7.15. The van der Waals surface area contributed by atoms with Crippen LogP contribution in [0.15, 0.2) is 29.4 Å². The molecule has 0 aliphatic carbocycles. The van der Waals surface area contributed by atoms with E-state index in [2.05, 4.69) is 5.10 Å². The maximum Gasteiger partial charge on any atom is 0.431 e. The highest BCUT2D eigenvalue weighted by Gasteiger charge is 2.57. The quantitative estimate of drug-likeness (QED) is 0.858. The Labute approximate surface area is 132 Å². The van der Waals surface area contributed by atoms with Crippen LogP contribution in [0.25, 0.3) is 0 Å². The van der Waals surface area contributed by atoms with Crippen LogP contribution >= 0.6 is 0 Å². The molecule has 126 valence electrons. The molecule has 0 saturated carbocycles. The summed E-state index contributed by atoms with van der Waals surface area (Å²) in [6.45, 7) is 6.38. The molecule has 1 aliphatic heterocycles. The molecule has 1 atom stereocenters. The van der Waals surface area contributed by atoms with Gasteiger partial charge < -0.3 is 5.11 Å². The van der Waals surface area contributed by atoms with Gasteiger partial charge in [0, 0.05) is 17.4 Å². The van der Waals surface area contributed by atoms with E-state index in [4.69, 9.17) is 0 Å². The number of hydrazone groups is 1. The van der Waals surface area contributed by atoms with Crippen molar-refractivity contribution in [1.29, 1.82) is 0 Å². The molecule has 23 heavy (non-hydrogen) atoms. The molecule has 7 heteroatoms. The Balaban J connectivity index is 2.53. The van der Waals surface area contributed by atoms with Crippen LogP contribution in [-0.4, -0.2) is 33.6 Å². The Hall–Kier alpha value is -1.89. The van der Waals surface area contributed by atoms with E-state index in [0.29, 0.717) is 10.6 Å². The minimum absolute atomic E-state index is 0.211. The van der Waals surface area contributed by atoms with Crippen molar-refractivity contribution in [2.75, 3.05) is 0 Å². The standard InChI is InChI=1S/C16H19F3N2O2/c1-10-7-5-6-8-11(10)13(22)21-15(23,14(2,3)4)9-12(20-21)16(17,18)19/h5-8,23H,9H2,1-4H3/t15-/m0/s1. The molecule has 0 radical (unpaired) electrons. The van der Waals surface area contributed by atoms with E-state index in [1.165, 1.54) is 6.07 Å². The number of nitrogens with zero attached hydrogens (tertiary/aromatic N) is 2. The van der Waals surface area contributed by atoms with E-state index in [1.807, 2.05) is 0 Å². The van der Waals surface area contributed by atoms with Crippen molar-refractivity contribution in [2.24, 2.45) is 10.5 Å². The number of hydrogen-bond donors (Lipinski definition) is 1. The number of carbonyl (C=O) groups is 1. The zero-order valence-electron chi connectivity index (χ0n) is 13.4. The van der Waals surface area contributed by atoms with Gasteiger partial charge in [-0.1, -0.05) is 39.0 Å². The number of carbonyl (C=O) groups excluding carboxylic acids is 1. The number of halogens is 3. The molecule has 2 rings (SSSR count). The second-order valence-electron chi connectivity index (χ2n) is 6.72. The predicted molar refractivity (Wildman–Crippen MR) is 79.9 cm³/mol. The van der Waals surface area contributed by atoms with Gasteiger partial charge >= 0.3 is 6.18 Å². The lowest BCUT2D eigenvalue weighted by Crippen LogP contribution is -2.55. The van der Waals surface area contributed by atoms with E-state index >= 15 is 0 Å². The summed E-state index contributed by atoms with van der Waals surface area (Å²) in [5.41, 5.74) is -3.40. The number of alkyl halides is 3. The van der Waals surface area contributed by atoms with Crippen LogP contribution in [0, 0.1) is 12.3 Å². The molecule has 0 fully saturated rings. The fourth-order valence-electron chi connectivity index (χ4n) is 2.43. The first-order chi connectivity index (χ1) is 10.4. The molecule has 1 heterocycles. The summed E-state index contributed by atoms with van der Waals surface area (Å²) in [4.78, 5) is 12.7. The SMILES string of the molecule is Cc1ccccc1C(=O)N1N=C(C(F)(F)F)C[C@]1(O)C(C)(C)C. The van der Waals surface area contributed by atoms with Gasteiger partial charge in [0.15, 0.2) is 5.72 Å². The fraction of sp³-hybridized carbons (Fsp3) is 0.500. The van der Waals surface area contributed by atoms with E-state index < -0.39 is 35.4 Å². The van der Waals surface area contributed by atoms with Gasteiger partial charge in [0.25, 0.3) is 5.91 Å². The smallest absolute Gasteiger partial charge is 0.368 e. The molecule has 1 aliphatic rings. The van der Waals surface area contributed by atoms with Gasteiger partial charge in [0.05, 0.1) is 0 Å². The van der Waals surface area contributed by atoms with Crippen LogP contribution < -0.4 is 0 Å². The van der Waals surface area contributed by atoms with Gasteiger partial charge in [-0.15, -0.1) is 0 Å². The zero-order chi connectivity index (χ0) is 17.6. The Kier molecular flexibility index (Phi) is 4.05. The van der Waals surface area contributed by atoms with Crippen molar-refractivity contribution in [1.82, 2.24) is 5.01 Å². The third kappa shape index (κ3) is 2.97. The third-order valence-corrected chi connectivity index (χ3v) is 4.08. The number of aryl methyl sites for hydroxylation is 1. The summed E-state index contributed by atoms with van der Waals surface area (Å²) < 4.78 is 39.1. The van der Waals surface area contributed by atoms with Gasteiger partial charge in [-0.05, 0) is 18.6 Å². The third-order valence-electron chi connectivity index (χ3n) is 4.08. The zero-order valence-corrected chi connectivity index (χ0v) is 13.4. The van der Waals surface area contributed by atoms with Crippen LogP contribution in [0.5, 0.6) is 0 Å². The van der Waals surface area contributed by atoms with Gasteiger partial charge in [-0.2, -0.15) is 23.3 Å². The number of rotatable bonds is 1. The van der Waals surface area contributed by atoms with Gasteiger partial charge in [0.1, 0.15) is 5.71 Å². The maximum atomic E-state index is 13.0. The van der Waals surface area contributed by atoms with Crippen molar-refractivity contribution in [2.45, 2.75) is 46.0 Å². The monoisotopic (exact) mass is 328 g/mol. The molecule has 4 nitrogen and oxygen atoms in total. The van der Waals surface area contributed by atoms with Crippen molar-refractivity contribution in [3.05, 3.63) is 35.4 Å². The average molecular weight is 328 g/mol. The molecular weight excluding hydrogens is 309 g/mol. The number of hydrogen-bond acceptors (Lipinski definition) is 3. The normalized spacial score (nSPS) is 22.3. The Morgan fingerprint density at radius 3 is 2.30 bits per heavy atom. The molecule has 0 unspecified atom stereocenters. The van der Waals surface area contributed by atoms with Crippen LogP contribution in [0.3, 0.4) is 0 Å². The molecule has 1 amide bonds. The topological polar surface area (TPSA) is 52.9 Å². The van der Waals surface area contributed by atoms with Crippen LogP contribution in [0.2, 0.25) is 0 Å². The number of benzene rings is 1. The highest BCUT2D eigenvalue weighted by atomic mass is 19.4. The van der Waals surface area contributed by atoms with Crippen LogP contribution in [0.4, 0.5) is 13.2 Å². The molecule has 1 aromatic carbocycles. The van der Waals surface area contributed by atoms with E-state index in [0.717, 1.165) is 0 Å². The summed E-state index contributed by atoms with van der Waals surface area (Å²) >= 11 is 0. The summed E-state index contributed by atoms with van der Waals surface area (Å²) in [5, 5.41) is 14.8. The largest absolute Gasteiger partial charge is 0.431 e. The summed E-state index contributed by atoms with van der Waals surface area (Å²) in [5.74, 6) is -0.750. The fourth-order valence-corrected chi connectivity index (χ4v) is 2.43.